The second-order valence-corrected chi connectivity index (χ2v) is 4.48. The van der Waals surface area contributed by atoms with Crippen molar-refractivity contribution >= 4 is 17.8 Å². The van der Waals surface area contributed by atoms with Gasteiger partial charge in [-0.2, -0.15) is 0 Å². The molecule has 0 aliphatic heterocycles. The highest BCUT2D eigenvalue weighted by atomic mass is 16.6. The molecule has 0 atom stereocenters. The quantitative estimate of drug-likeness (QED) is 0.796. The minimum absolute atomic E-state index is 0.101. The fourth-order valence-corrected chi connectivity index (χ4v) is 0.969. The number of rotatable bonds is 2. The zero-order chi connectivity index (χ0) is 13.1. The lowest BCUT2D eigenvalue weighted by atomic mass is 10.2. The van der Waals surface area contributed by atoms with Crippen LogP contribution in [0.25, 0.3) is 0 Å². The molecule has 0 aliphatic carbocycles. The van der Waals surface area contributed by atoms with Crippen molar-refractivity contribution in [1.29, 1.82) is 0 Å². The molecular formula is C11H15N3O3. The number of hydrogen-bond donors (Lipinski definition) is 1. The SMILES string of the molecule is CC(=O)c1cnc(NC(=O)OC(C)(C)C)nc1. The van der Waals surface area contributed by atoms with E-state index in [-0.39, 0.29) is 11.7 Å². The van der Waals surface area contributed by atoms with Crippen LogP contribution < -0.4 is 5.32 Å². The van der Waals surface area contributed by atoms with E-state index in [2.05, 4.69) is 15.3 Å². The first-order valence-electron chi connectivity index (χ1n) is 5.11. The van der Waals surface area contributed by atoms with Gasteiger partial charge < -0.3 is 4.74 Å². The topological polar surface area (TPSA) is 81.2 Å². The predicted octanol–water partition coefficient (Wildman–Crippen LogP) is 2.03. The number of carbonyl (C=O) groups is 2. The Morgan fingerprint density at radius 3 is 2.18 bits per heavy atom. The molecule has 0 fully saturated rings. The molecule has 1 amide bonds. The van der Waals surface area contributed by atoms with Crippen LogP contribution in [0.15, 0.2) is 12.4 Å². The number of nitrogens with one attached hydrogen (secondary N) is 1. The van der Waals surface area contributed by atoms with Gasteiger partial charge in [-0.1, -0.05) is 0 Å². The molecule has 0 saturated carbocycles. The molecule has 1 aromatic rings. The van der Waals surface area contributed by atoms with E-state index in [1.807, 2.05) is 0 Å². The van der Waals surface area contributed by atoms with Crippen molar-refractivity contribution in [3.8, 4) is 0 Å². The van der Waals surface area contributed by atoms with Crippen LogP contribution in [0.1, 0.15) is 38.1 Å². The lowest BCUT2D eigenvalue weighted by Crippen LogP contribution is -2.27. The molecule has 17 heavy (non-hydrogen) atoms. The summed E-state index contributed by atoms with van der Waals surface area (Å²) in [6.07, 6.45) is 2.07. The zero-order valence-corrected chi connectivity index (χ0v) is 10.3. The van der Waals surface area contributed by atoms with E-state index in [4.69, 9.17) is 4.74 Å². The summed E-state index contributed by atoms with van der Waals surface area (Å²) in [4.78, 5) is 30.0. The molecule has 1 N–H and O–H groups in total. The minimum atomic E-state index is -0.631. The first-order valence-corrected chi connectivity index (χ1v) is 5.11. The smallest absolute Gasteiger partial charge is 0.414 e. The van der Waals surface area contributed by atoms with E-state index in [9.17, 15) is 9.59 Å². The summed E-state index contributed by atoms with van der Waals surface area (Å²) in [7, 11) is 0. The van der Waals surface area contributed by atoms with Crippen molar-refractivity contribution in [2.45, 2.75) is 33.3 Å². The molecule has 6 heteroatoms. The van der Waals surface area contributed by atoms with Crippen molar-refractivity contribution in [3.05, 3.63) is 18.0 Å². The number of aromatic nitrogens is 2. The second kappa shape index (κ2) is 4.90. The number of Topliss-reactive ketones (excluding diaryl/α,β-unsaturated/α-hetero) is 1. The highest BCUT2D eigenvalue weighted by Crippen LogP contribution is 2.08. The molecule has 0 unspecified atom stereocenters. The van der Waals surface area contributed by atoms with Gasteiger partial charge in [-0.05, 0) is 27.7 Å². The lowest BCUT2D eigenvalue weighted by Gasteiger charge is -2.19. The number of anilines is 1. The molecule has 92 valence electrons. The monoisotopic (exact) mass is 237 g/mol. The van der Waals surface area contributed by atoms with Crippen LogP contribution in [0, 0.1) is 0 Å². The summed E-state index contributed by atoms with van der Waals surface area (Å²) in [5, 5.41) is 2.37. The Bertz CT molecular complexity index is 421. The standard InChI is InChI=1S/C11H15N3O3/c1-7(15)8-5-12-9(13-6-8)14-10(16)17-11(2,3)4/h5-6H,1-4H3,(H,12,13,14,16). The van der Waals surface area contributed by atoms with Crippen molar-refractivity contribution < 1.29 is 14.3 Å². The number of amides is 1. The van der Waals surface area contributed by atoms with Gasteiger partial charge in [0.1, 0.15) is 5.60 Å². The Kier molecular flexibility index (Phi) is 3.77. The maximum atomic E-state index is 11.4. The number of ketones is 1. The van der Waals surface area contributed by atoms with Crippen molar-refractivity contribution in [1.82, 2.24) is 9.97 Å². The number of nitrogens with zero attached hydrogens (tertiary/aromatic N) is 2. The van der Waals surface area contributed by atoms with Crippen LogP contribution in [-0.2, 0) is 4.74 Å². The Morgan fingerprint density at radius 1 is 1.24 bits per heavy atom. The average Bonchev–Trinajstić information content (AvgIpc) is 2.15. The van der Waals surface area contributed by atoms with Gasteiger partial charge >= 0.3 is 6.09 Å². The van der Waals surface area contributed by atoms with E-state index in [0.29, 0.717) is 5.56 Å². The molecule has 0 radical (unpaired) electrons. The fraction of sp³-hybridized carbons (Fsp3) is 0.455. The number of hydrogen-bond acceptors (Lipinski definition) is 5. The highest BCUT2D eigenvalue weighted by molar-refractivity contribution is 5.93. The third-order valence-electron chi connectivity index (χ3n) is 1.67. The molecule has 0 aromatic carbocycles. The van der Waals surface area contributed by atoms with Gasteiger partial charge in [-0.15, -0.1) is 0 Å². The predicted molar refractivity (Wildman–Crippen MR) is 61.9 cm³/mol. The Balaban J connectivity index is 2.64. The van der Waals surface area contributed by atoms with Crippen molar-refractivity contribution in [2.75, 3.05) is 5.32 Å². The summed E-state index contributed by atoms with van der Waals surface area (Å²) in [6, 6.07) is 0. The van der Waals surface area contributed by atoms with Crippen LogP contribution >= 0.6 is 0 Å². The van der Waals surface area contributed by atoms with Gasteiger partial charge in [0.2, 0.25) is 5.95 Å². The van der Waals surface area contributed by atoms with Gasteiger partial charge in [-0.25, -0.2) is 14.8 Å². The average molecular weight is 237 g/mol. The summed E-state index contributed by atoms with van der Waals surface area (Å²) in [6.45, 7) is 6.69. The summed E-state index contributed by atoms with van der Waals surface area (Å²) < 4.78 is 5.02. The molecule has 6 nitrogen and oxygen atoms in total. The van der Waals surface area contributed by atoms with E-state index in [1.54, 1.807) is 20.8 Å². The molecular weight excluding hydrogens is 222 g/mol. The number of carbonyl (C=O) groups excluding carboxylic acids is 2. The van der Waals surface area contributed by atoms with Gasteiger partial charge in [0.15, 0.2) is 5.78 Å². The van der Waals surface area contributed by atoms with Crippen molar-refractivity contribution in [2.24, 2.45) is 0 Å². The summed E-state index contributed by atoms with van der Waals surface area (Å²) in [5.41, 5.74) is -0.191. The maximum absolute atomic E-state index is 11.4. The fourth-order valence-electron chi connectivity index (χ4n) is 0.969. The van der Waals surface area contributed by atoms with Gasteiger partial charge in [0.05, 0.1) is 5.56 Å². The highest BCUT2D eigenvalue weighted by Gasteiger charge is 2.16. The normalized spacial score (nSPS) is 10.8. The second-order valence-electron chi connectivity index (χ2n) is 4.48. The maximum Gasteiger partial charge on any atom is 0.414 e. The lowest BCUT2D eigenvalue weighted by molar-refractivity contribution is 0.0634. The van der Waals surface area contributed by atoms with Crippen molar-refractivity contribution in [3.63, 3.8) is 0 Å². The summed E-state index contributed by atoms with van der Waals surface area (Å²) >= 11 is 0. The molecule has 1 aromatic heterocycles. The molecule has 0 aliphatic rings. The molecule has 1 heterocycles. The van der Waals surface area contributed by atoms with Crippen LogP contribution in [-0.4, -0.2) is 27.4 Å². The van der Waals surface area contributed by atoms with Crippen LogP contribution in [0.3, 0.4) is 0 Å². The molecule has 0 bridgehead atoms. The van der Waals surface area contributed by atoms with E-state index in [0.717, 1.165) is 0 Å². The zero-order valence-electron chi connectivity index (χ0n) is 10.3. The van der Waals surface area contributed by atoms with E-state index < -0.39 is 11.7 Å². The van der Waals surface area contributed by atoms with E-state index in [1.165, 1.54) is 19.3 Å². The molecule has 0 saturated heterocycles. The van der Waals surface area contributed by atoms with Gasteiger partial charge in [0.25, 0.3) is 0 Å². The Hall–Kier alpha value is -1.98. The van der Waals surface area contributed by atoms with E-state index >= 15 is 0 Å². The molecule has 0 spiro atoms. The van der Waals surface area contributed by atoms with Crippen LogP contribution in [0.4, 0.5) is 10.7 Å². The Labute approximate surface area is 99.4 Å². The summed E-state index contributed by atoms with van der Waals surface area (Å²) in [5.74, 6) is -0.0296. The van der Waals surface area contributed by atoms with Gasteiger partial charge in [0, 0.05) is 12.4 Å². The first kappa shape index (κ1) is 13.1. The first-order chi connectivity index (χ1) is 7.78. The third-order valence-corrected chi connectivity index (χ3v) is 1.67. The van der Waals surface area contributed by atoms with Gasteiger partial charge in [-0.3, -0.25) is 10.1 Å². The number of ether oxygens (including phenoxy) is 1. The largest absolute Gasteiger partial charge is 0.444 e. The minimum Gasteiger partial charge on any atom is -0.444 e. The van der Waals surface area contributed by atoms with Crippen LogP contribution in [0.2, 0.25) is 0 Å². The molecule has 1 rings (SSSR count). The third kappa shape index (κ3) is 4.58. The Morgan fingerprint density at radius 2 is 1.76 bits per heavy atom. The van der Waals surface area contributed by atoms with Crippen LogP contribution in [0.5, 0.6) is 0 Å².